The fourth-order valence-corrected chi connectivity index (χ4v) is 3.20. The van der Waals surface area contributed by atoms with Crippen molar-refractivity contribution in [1.82, 2.24) is 4.57 Å². The van der Waals surface area contributed by atoms with Crippen LogP contribution in [0.15, 0.2) is 71.5 Å². The van der Waals surface area contributed by atoms with Crippen molar-refractivity contribution in [3.05, 3.63) is 71.9 Å². The zero-order valence-electron chi connectivity index (χ0n) is 14.4. The van der Waals surface area contributed by atoms with Gasteiger partial charge in [0.25, 0.3) is 5.91 Å². The minimum absolute atomic E-state index is 0.123. The smallest absolute Gasteiger partial charge is 0.280 e. The van der Waals surface area contributed by atoms with Gasteiger partial charge >= 0.3 is 0 Å². The monoisotopic (exact) mass is 339 g/mol. The molecule has 1 aromatic heterocycles. The summed E-state index contributed by atoms with van der Waals surface area (Å²) in [7, 11) is 0. The standard InChI is InChI=1S/C22H17N3O/c1-3-13-24-15-17(19-11-7-8-12-21(19)24)14-20-16(2)23-25(22(20)26)18-9-5-4-6-10-18/h1,4-12,14-15H,13H2,2H3/b20-14-. The van der Waals surface area contributed by atoms with Crippen molar-refractivity contribution in [2.45, 2.75) is 13.5 Å². The van der Waals surface area contributed by atoms with Gasteiger partial charge in [-0.05, 0) is 31.2 Å². The van der Waals surface area contributed by atoms with Gasteiger partial charge in [0.2, 0.25) is 0 Å². The Hall–Kier alpha value is -3.58. The van der Waals surface area contributed by atoms with E-state index >= 15 is 0 Å². The second-order valence-electron chi connectivity index (χ2n) is 6.13. The number of terminal acetylenes is 1. The molecule has 26 heavy (non-hydrogen) atoms. The summed E-state index contributed by atoms with van der Waals surface area (Å²) in [5, 5.41) is 6.94. The second-order valence-corrected chi connectivity index (χ2v) is 6.13. The van der Waals surface area contributed by atoms with Crippen LogP contribution in [-0.4, -0.2) is 16.2 Å². The first kappa shape index (κ1) is 15.9. The van der Waals surface area contributed by atoms with Crippen LogP contribution >= 0.6 is 0 Å². The van der Waals surface area contributed by atoms with Crippen molar-refractivity contribution in [3.63, 3.8) is 0 Å². The molecule has 0 fully saturated rings. The second kappa shape index (κ2) is 6.38. The van der Waals surface area contributed by atoms with E-state index in [4.69, 9.17) is 6.42 Å². The number of hydrogen-bond acceptors (Lipinski definition) is 2. The van der Waals surface area contributed by atoms with Crippen LogP contribution in [0.4, 0.5) is 5.69 Å². The molecule has 0 aliphatic carbocycles. The van der Waals surface area contributed by atoms with E-state index in [1.54, 1.807) is 0 Å². The molecule has 2 aromatic carbocycles. The fraction of sp³-hybridized carbons (Fsp3) is 0.0909. The number of hydrazone groups is 1. The molecular formula is C22H17N3O. The van der Waals surface area contributed by atoms with Crippen molar-refractivity contribution in [3.8, 4) is 12.3 Å². The summed E-state index contributed by atoms with van der Waals surface area (Å²) in [6, 6.07) is 17.5. The van der Waals surface area contributed by atoms with E-state index in [0.717, 1.165) is 22.2 Å². The van der Waals surface area contributed by atoms with Crippen LogP contribution < -0.4 is 5.01 Å². The first-order valence-electron chi connectivity index (χ1n) is 8.37. The number of carbonyl (C=O) groups is 1. The normalized spacial score (nSPS) is 15.5. The Labute approximate surface area is 152 Å². The number of anilines is 1. The Bertz CT molecular complexity index is 1100. The molecule has 0 N–H and O–H groups in total. The van der Waals surface area contributed by atoms with Crippen molar-refractivity contribution >= 4 is 34.3 Å². The first-order chi connectivity index (χ1) is 12.7. The third-order valence-electron chi connectivity index (χ3n) is 4.44. The van der Waals surface area contributed by atoms with Gasteiger partial charge < -0.3 is 4.57 Å². The van der Waals surface area contributed by atoms with Crippen molar-refractivity contribution in [2.75, 3.05) is 5.01 Å². The van der Waals surface area contributed by atoms with E-state index in [1.165, 1.54) is 5.01 Å². The van der Waals surface area contributed by atoms with Gasteiger partial charge in [-0.3, -0.25) is 4.79 Å². The van der Waals surface area contributed by atoms with Crippen LogP contribution in [0.25, 0.3) is 17.0 Å². The molecule has 0 radical (unpaired) electrons. The molecular weight excluding hydrogens is 322 g/mol. The predicted molar refractivity (Wildman–Crippen MR) is 106 cm³/mol. The summed E-state index contributed by atoms with van der Waals surface area (Å²) in [6.07, 6.45) is 9.38. The minimum atomic E-state index is -0.123. The molecule has 0 saturated heterocycles. The number of fused-ring (bicyclic) bond motifs is 1. The number of nitrogens with zero attached hydrogens (tertiary/aromatic N) is 3. The number of amides is 1. The van der Waals surface area contributed by atoms with E-state index in [2.05, 4.69) is 11.0 Å². The molecule has 126 valence electrons. The molecule has 3 aromatic rings. The summed E-state index contributed by atoms with van der Waals surface area (Å²) in [6.45, 7) is 2.34. The highest BCUT2D eigenvalue weighted by Crippen LogP contribution is 2.28. The average Bonchev–Trinajstić information content (AvgIpc) is 3.16. The van der Waals surface area contributed by atoms with Crippen LogP contribution in [0.1, 0.15) is 12.5 Å². The summed E-state index contributed by atoms with van der Waals surface area (Å²) in [4.78, 5) is 12.9. The summed E-state index contributed by atoms with van der Waals surface area (Å²) < 4.78 is 2.02. The largest absolute Gasteiger partial charge is 0.335 e. The van der Waals surface area contributed by atoms with Gasteiger partial charge in [-0.1, -0.05) is 42.3 Å². The Morgan fingerprint density at radius 2 is 1.85 bits per heavy atom. The zero-order chi connectivity index (χ0) is 18.1. The summed E-state index contributed by atoms with van der Waals surface area (Å²) >= 11 is 0. The molecule has 1 amide bonds. The van der Waals surface area contributed by atoms with Crippen molar-refractivity contribution in [2.24, 2.45) is 5.10 Å². The number of benzene rings is 2. The number of aromatic nitrogens is 1. The van der Waals surface area contributed by atoms with Crippen LogP contribution in [0.3, 0.4) is 0 Å². The number of carbonyl (C=O) groups excluding carboxylic acids is 1. The molecule has 1 aliphatic rings. The average molecular weight is 339 g/mol. The molecule has 4 heteroatoms. The maximum atomic E-state index is 12.9. The quantitative estimate of drug-likeness (QED) is 0.523. The van der Waals surface area contributed by atoms with Gasteiger partial charge in [0, 0.05) is 22.7 Å². The molecule has 0 bridgehead atoms. The molecule has 0 unspecified atom stereocenters. The van der Waals surface area contributed by atoms with E-state index in [1.807, 2.05) is 78.4 Å². The Balaban J connectivity index is 1.78. The van der Waals surface area contributed by atoms with Crippen LogP contribution in [0.5, 0.6) is 0 Å². The van der Waals surface area contributed by atoms with Gasteiger partial charge in [0.05, 0.1) is 23.5 Å². The fourth-order valence-electron chi connectivity index (χ4n) is 3.20. The van der Waals surface area contributed by atoms with Crippen molar-refractivity contribution < 1.29 is 4.79 Å². The maximum absolute atomic E-state index is 12.9. The van der Waals surface area contributed by atoms with Gasteiger partial charge in [0.15, 0.2) is 0 Å². The van der Waals surface area contributed by atoms with Crippen LogP contribution in [0.2, 0.25) is 0 Å². The molecule has 4 nitrogen and oxygen atoms in total. The Kier molecular flexibility index (Phi) is 3.91. The topological polar surface area (TPSA) is 37.6 Å². The van der Waals surface area contributed by atoms with Gasteiger partial charge in [-0.25, -0.2) is 0 Å². The van der Waals surface area contributed by atoms with Crippen molar-refractivity contribution in [1.29, 1.82) is 0 Å². The van der Waals surface area contributed by atoms with E-state index in [0.29, 0.717) is 17.8 Å². The molecule has 4 rings (SSSR count). The lowest BCUT2D eigenvalue weighted by Crippen LogP contribution is -2.21. The molecule has 0 saturated carbocycles. The summed E-state index contributed by atoms with van der Waals surface area (Å²) in [5.41, 5.74) is 4.07. The van der Waals surface area contributed by atoms with E-state index < -0.39 is 0 Å². The Morgan fingerprint density at radius 3 is 2.62 bits per heavy atom. The van der Waals surface area contributed by atoms with Gasteiger partial charge in [0.1, 0.15) is 0 Å². The highest BCUT2D eigenvalue weighted by molar-refractivity contribution is 6.32. The number of hydrogen-bond donors (Lipinski definition) is 0. The lowest BCUT2D eigenvalue weighted by atomic mass is 10.1. The van der Waals surface area contributed by atoms with Gasteiger partial charge in [-0.15, -0.1) is 6.42 Å². The van der Waals surface area contributed by atoms with Crippen LogP contribution in [0, 0.1) is 12.3 Å². The van der Waals surface area contributed by atoms with E-state index in [9.17, 15) is 4.79 Å². The van der Waals surface area contributed by atoms with Gasteiger partial charge in [-0.2, -0.15) is 10.1 Å². The third kappa shape index (κ3) is 2.60. The maximum Gasteiger partial charge on any atom is 0.280 e. The minimum Gasteiger partial charge on any atom is -0.335 e. The Morgan fingerprint density at radius 1 is 1.12 bits per heavy atom. The number of para-hydroxylation sites is 2. The highest BCUT2D eigenvalue weighted by atomic mass is 16.2. The summed E-state index contributed by atoms with van der Waals surface area (Å²) in [5.74, 6) is 2.55. The molecule has 0 atom stereocenters. The highest BCUT2D eigenvalue weighted by Gasteiger charge is 2.28. The van der Waals surface area contributed by atoms with E-state index in [-0.39, 0.29) is 5.91 Å². The molecule has 1 aliphatic heterocycles. The third-order valence-corrected chi connectivity index (χ3v) is 4.44. The first-order valence-corrected chi connectivity index (χ1v) is 8.37. The molecule has 0 spiro atoms. The lowest BCUT2D eigenvalue weighted by molar-refractivity contribution is -0.114. The number of rotatable bonds is 3. The van der Waals surface area contributed by atoms with Crippen LogP contribution in [-0.2, 0) is 11.3 Å². The predicted octanol–water partition coefficient (Wildman–Crippen LogP) is 4.08. The zero-order valence-corrected chi connectivity index (χ0v) is 14.4. The lowest BCUT2D eigenvalue weighted by Gasteiger charge is -2.10. The SMILES string of the molecule is C#CCn1cc(/C=C2\C(=O)N(c3ccccc3)N=C2C)c2ccccc21. The molecule has 2 heterocycles.